The van der Waals surface area contributed by atoms with Crippen molar-refractivity contribution >= 4 is 77.0 Å². The van der Waals surface area contributed by atoms with Crippen molar-refractivity contribution in [2.75, 3.05) is 5.32 Å². The number of halogens is 3. The van der Waals surface area contributed by atoms with E-state index < -0.39 is 33.9 Å². The number of nitro benzene ring substituents is 1. The Kier molecular flexibility index (Phi) is 6.34. The van der Waals surface area contributed by atoms with Gasteiger partial charge >= 0.3 is 11.9 Å². The third kappa shape index (κ3) is 4.17. The molecule has 2 aromatic rings. The predicted molar refractivity (Wildman–Crippen MR) is 105 cm³/mol. The molecule has 0 aliphatic heterocycles. The second kappa shape index (κ2) is 8.15. The topological polar surface area (TPSA) is 147 Å². The van der Waals surface area contributed by atoms with Crippen molar-refractivity contribution in [3.05, 3.63) is 64.5 Å². The fraction of sp³-hybridized carbons (Fsp3) is 0. The molecule has 0 bridgehead atoms. The van der Waals surface area contributed by atoms with E-state index in [4.69, 9.17) is 0 Å². The van der Waals surface area contributed by atoms with E-state index in [1.807, 2.05) is 0 Å². The summed E-state index contributed by atoms with van der Waals surface area (Å²) in [6, 6.07) is 4.69. The van der Waals surface area contributed by atoms with Crippen LogP contribution in [-0.4, -0.2) is 33.0 Å². The van der Waals surface area contributed by atoms with E-state index in [-0.39, 0.29) is 30.4 Å². The quantitative estimate of drug-likeness (QED) is 0.356. The lowest BCUT2D eigenvalue weighted by Gasteiger charge is -2.16. The number of nitro groups is 1. The summed E-state index contributed by atoms with van der Waals surface area (Å²) >= 11 is 9.07. The molecule has 2 aromatic carbocycles. The second-order valence-electron chi connectivity index (χ2n) is 4.94. The summed E-state index contributed by atoms with van der Waals surface area (Å²) in [4.78, 5) is 45.5. The summed E-state index contributed by atoms with van der Waals surface area (Å²) in [5.41, 5.74) is -1.06. The Hall–Kier alpha value is -2.31. The summed E-state index contributed by atoms with van der Waals surface area (Å²) < 4.78 is -0.308. The maximum absolute atomic E-state index is 12.4. The maximum Gasteiger partial charge on any atom is 0.338 e. The normalized spacial score (nSPS) is 10.3. The molecule has 0 aliphatic carbocycles. The zero-order valence-electron chi connectivity index (χ0n) is 12.8. The Morgan fingerprint density at radius 1 is 0.889 bits per heavy atom. The number of benzene rings is 2. The summed E-state index contributed by atoms with van der Waals surface area (Å²) in [7, 11) is 0. The number of hydrogen-bond donors (Lipinski definition) is 3. The molecule has 3 N–H and O–H groups in total. The first-order chi connectivity index (χ1) is 12.6. The molecule has 0 fully saturated rings. The first-order valence-corrected chi connectivity index (χ1v) is 9.17. The first kappa shape index (κ1) is 21.0. The summed E-state index contributed by atoms with van der Waals surface area (Å²) in [5, 5.41) is 31.8. The first-order valence-electron chi connectivity index (χ1n) is 6.79. The van der Waals surface area contributed by atoms with Gasteiger partial charge in [0.1, 0.15) is 0 Å². The highest BCUT2D eigenvalue weighted by molar-refractivity contribution is 9.11. The molecule has 27 heavy (non-hydrogen) atoms. The molecule has 0 atom stereocenters. The number of carbonyl (C=O) groups is 3. The molecule has 12 heteroatoms. The van der Waals surface area contributed by atoms with Crippen molar-refractivity contribution in [3.8, 4) is 0 Å². The fourth-order valence-corrected chi connectivity index (χ4v) is 4.93. The Balaban J connectivity index is 2.54. The molecule has 0 aliphatic rings. The number of rotatable bonds is 5. The molecule has 0 saturated heterocycles. The number of aromatic carboxylic acids is 2. The number of nitrogens with zero attached hydrogens (tertiary/aromatic N) is 1. The summed E-state index contributed by atoms with van der Waals surface area (Å²) in [6.07, 6.45) is 0. The number of carbonyl (C=O) groups excluding carboxylic acids is 1. The van der Waals surface area contributed by atoms with Crippen LogP contribution in [0.5, 0.6) is 0 Å². The molecular formula is C15H7Br3N2O7. The van der Waals surface area contributed by atoms with Gasteiger partial charge in [0.05, 0.1) is 30.7 Å². The lowest BCUT2D eigenvalue weighted by Crippen LogP contribution is -2.16. The van der Waals surface area contributed by atoms with Crippen LogP contribution in [0.4, 0.5) is 11.4 Å². The molecule has 1 amide bonds. The Morgan fingerprint density at radius 2 is 1.33 bits per heavy atom. The minimum absolute atomic E-state index is 0.0519. The molecule has 140 valence electrons. The van der Waals surface area contributed by atoms with Crippen LogP contribution in [0.15, 0.2) is 37.7 Å². The van der Waals surface area contributed by atoms with Crippen LogP contribution in [0.1, 0.15) is 31.1 Å². The van der Waals surface area contributed by atoms with Gasteiger partial charge in [-0.15, -0.1) is 0 Å². The van der Waals surface area contributed by atoms with Crippen LogP contribution < -0.4 is 5.32 Å². The van der Waals surface area contributed by atoms with Crippen molar-refractivity contribution in [2.24, 2.45) is 0 Å². The molecule has 2 rings (SSSR count). The van der Waals surface area contributed by atoms with Gasteiger partial charge in [0.2, 0.25) is 0 Å². The van der Waals surface area contributed by atoms with Gasteiger partial charge in [-0.25, -0.2) is 9.59 Å². The van der Waals surface area contributed by atoms with Gasteiger partial charge in [-0.3, -0.25) is 14.9 Å². The largest absolute Gasteiger partial charge is 0.478 e. The van der Waals surface area contributed by atoms with E-state index in [1.54, 1.807) is 0 Å². The number of amides is 1. The van der Waals surface area contributed by atoms with Gasteiger partial charge in [0, 0.05) is 22.2 Å². The van der Waals surface area contributed by atoms with Crippen LogP contribution in [-0.2, 0) is 0 Å². The zero-order chi connectivity index (χ0) is 20.5. The number of anilines is 1. The minimum atomic E-state index is -1.42. The molecule has 9 nitrogen and oxygen atoms in total. The smallest absolute Gasteiger partial charge is 0.338 e. The number of carboxylic acid groups (broad SMARTS) is 2. The van der Waals surface area contributed by atoms with Crippen LogP contribution in [0.2, 0.25) is 0 Å². The zero-order valence-corrected chi connectivity index (χ0v) is 17.6. The van der Waals surface area contributed by atoms with Gasteiger partial charge in [-0.2, -0.15) is 0 Å². The van der Waals surface area contributed by atoms with Crippen molar-refractivity contribution in [1.82, 2.24) is 0 Å². The Bertz CT molecular complexity index is 949. The van der Waals surface area contributed by atoms with E-state index >= 15 is 0 Å². The molecule has 0 spiro atoms. The van der Waals surface area contributed by atoms with E-state index in [0.29, 0.717) is 0 Å². The van der Waals surface area contributed by atoms with E-state index in [9.17, 15) is 34.7 Å². The van der Waals surface area contributed by atoms with E-state index in [1.165, 1.54) is 12.1 Å². The Morgan fingerprint density at radius 3 is 1.70 bits per heavy atom. The highest BCUT2D eigenvalue weighted by Gasteiger charge is 2.28. The average molecular weight is 567 g/mol. The maximum atomic E-state index is 12.4. The highest BCUT2D eigenvalue weighted by atomic mass is 79.9. The lowest BCUT2D eigenvalue weighted by molar-refractivity contribution is -0.384. The second-order valence-corrected chi connectivity index (χ2v) is 7.31. The van der Waals surface area contributed by atoms with Crippen molar-refractivity contribution < 1.29 is 29.5 Å². The van der Waals surface area contributed by atoms with Crippen LogP contribution >= 0.6 is 47.8 Å². The molecule has 0 saturated carbocycles. The number of hydrogen-bond acceptors (Lipinski definition) is 5. The van der Waals surface area contributed by atoms with E-state index in [0.717, 1.165) is 12.1 Å². The van der Waals surface area contributed by atoms with Crippen LogP contribution in [0, 0.1) is 10.1 Å². The van der Waals surface area contributed by atoms with Crippen molar-refractivity contribution in [3.63, 3.8) is 0 Å². The SMILES string of the molecule is O=C(Nc1c(Br)c(C(=O)O)c(Br)c(C(=O)O)c1Br)c1ccc([N+](=O)[O-])cc1. The highest BCUT2D eigenvalue weighted by Crippen LogP contribution is 2.42. The van der Waals surface area contributed by atoms with Gasteiger partial charge in [-0.1, -0.05) is 0 Å². The van der Waals surface area contributed by atoms with E-state index in [2.05, 4.69) is 53.1 Å². The molecule has 0 heterocycles. The molecular weight excluding hydrogens is 560 g/mol. The number of nitrogens with one attached hydrogen (secondary N) is 1. The van der Waals surface area contributed by atoms with Gasteiger partial charge in [-0.05, 0) is 59.9 Å². The van der Waals surface area contributed by atoms with Gasteiger partial charge in [0.25, 0.3) is 11.6 Å². The summed E-state index contributed by atoms with van der Waals surface area (Å²) in [6.45, 7) is 0. The third-order valence-electron chi connectivity index (χ3n) is 3.32. The Labute approximate surface area is 175 Å². The minimum Gasteiger partial charge on any atom is -0.478 e. The average Bonchev–Trinajstić information content (AvgIpc) is 2.57. The molecule has 0 radical (unpaired) electrons. The van der Waals surface area contributed by atoms with Gasteiger partial charge in [0.15, 0.2) is 0 Å². The monoisotopic (exact) mass is 564 g/mol. The molecule has 0 aromatic heterocycles. The number of non-ortho nitro benzene ring substituents is 1. The fourth-order valence-electron chi connectivity index (χ4n) is 2.07. The summed E-state index contributed by atoms with van der Waals surface area (Å²) in [5.74, 6) is -3.56. The van der Waals surface area contributed by atoms with Crippen LogP contribution in [0.3, 0.4) is 0 Å². The standard InChI is InChI=1S/C15H7Br3N2O7/c16-9-7(14(22)23)10(17)12(11(18)8(9)15(24)25)19-13(21)5-1-3-6(4-2-5)20(26)27/h1-4H,(H,19,21)(H,22,23)(H,24,25). The predicted octanol–water partition coefficient (Wildman–Crippen LogP) is 4.53. The number of carboxylic acids is 2. The third-order valence-corrected chi connectivity index (χ3v) is 5.70. The lowest BCUT2D eigenvalue weighted by atomic mass is 10.1. The van der Waals surface area contributed by atoms with Crippen LogP contribution in [0.25, 0.3) is 0 Å². The van der Waals surface area contributed by atoms with Gasteiger partial charge < -0.3 is 15.5 Å². The van der Waals surface area contributed by atoms with Crippen molar-refractivity contribution in [1.29, 1.82) is 0 Å². The van der Waals surface area contributed by atoms with Crippen molar-refractivity contribution in [2.45, 2.75) is 0 Å². The molecule has 0 unspecified atom stereocenters.